The minimum atomic E-state index is -0.486. The second kappa shape index (κ2) is 5.49. The van der Waals surface area contributed by atoms with Gasteiger partial charge in [-0.3, -0.25) is 0 Å². The van der Waals surface area contributed by atoms with Crippen LogP contribution in [-0.4, -0.2) is 21.5 Å². The molecular formula is C20H19NO3. The molecule has 1 saturated carbocycles. The van der Waals surface area contributed by atoms with Crippen LogP contribution in [0.2, 0.25) is 0 Å². The van der Waals surface area contributed by atoms with Crippen LogP contribution in [0.4, 0.5) is 0 Å². The van der Waals surface area contributed by atoms with Crippen LogP contribution in [0.3, 0.4) is 0 Å². The lowest BCUT2D eigenvalue weighted by Crippen LogP contribution is -2.22. The third-order valence-electron chi connectivity index (χ3n) is 4.94. The summed E-state index contributed by atoms with van der Waals surface area (Å²) >= 11 is 0. The first-order valence-electron chi connectivity index (χ1n) is 8.15. The van der Waals surface area contributed by atoms with Crippen LogP contribution >= 0.6 is 0 Å². The number of aromatic nitrogens is 1. The number of aliphatic hydroxyl groups is 1. The molecule has 3 aromatic rings. The lowest BCUT2D eigenvalue weighted by molar-refractivity contribution is 0.134. The number of aromatic hydroxyl groups is 1. The Balaban J connectivity index is 1.92. The number of nitrogens with zero attached hydrogens (tertiary/aromatic N) is 1. The van der Waals surface area contributed by atoms with Crippen LogP contribution in [0.15, 0.2) is 59.1 Å². The van der Waals surface area contributed by atoms with E-state index in [1.54, 1.807) is 12.1 Å². The standard InChI is InChI=1S/C20H19NO3/c1-13(22)20(11-12-20)19-17(14-5-3-2-4-6-14)18(21-24-19)15-7-9-16(23)10-8-15/h2-10,13,22-23H,11-12H2,1H3/t13-/m0/s1. The molecule has 0 amide bonds. The van der Waals surface area contributed by atoms with E-state index in [0.29, 0.717) is 0 Å². The van der Waals surface area contributed by atoms with Gasteiger partial charge in [-0.05, 0) is 49.6 Å². The van der Waals surface area contributed by atoms with E-state index < -0.39 is 6.10 Å². The molecule has 2 N–H and O–H groups in total. The summed E-state index contributed by atoms with van der Waals surface area (Å²) in [6.45, 7) is 1.81. The molecule has 4 nitrogen and oxygen atoms in total. The summed E-state index contributed by atoms with van der Waals surface area (Å²) < 4.78 is 5.75. The summed E-state index contributed by atoms with van der Waals surface area (Å²) in [6.07, 6.45) is 1.31. The summed E-state index contributed by atoms with van der Waals surface area (Å²) in [5, 5.41) is 24.1. The van der Waals surface area contributed by atoms with Gasteiger partial charge in [-0.2, -0.15) is 0 Å². The Morgan fingerprint density at radius 3 is 2.25 bits per heavy atom. The predicted octanol–water partition coefficient (Wildman–Crippen LogP) is 4.13. The molecule has 0 bridgehead atoms. The summed E-state index contributed by atoms with van der Waals surface area (Å²) in [6, 6.07) is 16.9. The third-order valence-corrected chi connectivity index (χ3v) is 4.94. The van der Waals surface area contributed by atoms with Gasteiger partial charge in [0.1, 0.15) is 11.4 Å². The zero-order valence-corrected chi connectivity index (χ0v) is 13.4. The third kappa shape index (κ3) is 2.31. The number of benzene rings is 2. The number of hydrogen-bond acceptors (Lipinski definition) is 4. The first-order valence-corrected chi connectivity index (χ1v) is 8.15. The van der Waals surface area contributed by atoms with E-state index in [0.717, 1.165) is 41.0 Å². The minimum Gasteiger partial charge on any atom is -0.508 e. The van der Waals surface area contributed by atoms with Gasteiger partial charge in [-0.15, -0.1) is 0 Å². The molecule has 0 radical (unpaired) electrons. The maximum Gasteiger partial charge on any atom is 0.153 e. The summed E-state index contributed by atoms with van der Waals surface area (Å²) in [7, 11) is 0. The quantitative estimate of drug-likeness (QED) is 0.758. The SMILES string of the molecule is C[C@H](O)C1(c2onc(-c3ccc(O)cc3)c2-c2ccccc2)CC1. The summed E-state index contributed by atoms with van der Waals surface area (Å²) in [5.41, 5.74) is 3.22. The number of hydrogen-bond donors (Lipinski definition) is 2. The van der Waals surface area contributed by atoms with E-state index in [9.17, 15) is 10.2 Å². The lowest BCUT2D eigenvalue weighted by Gasteiger charge is -2.17. The van der Waals surface area contributed by atoms with Gasteiger partial charge in [0.25, 0.3) is 0 Å². The Bertz CT molecular complexity index is 846. The molecule has 1 heterocycles. The van der Waals surface area contributed by atoms with E-state index in [4.69, 9.17) is 4.52 Å². The Morgan fingerprint density at radius 1 is 1.00 bits per heavy atom. The molecule has 0 unspecified atom stereocenters. The van der Waals surface area contributed by atoms with Crippen molar-refractivity contribution in [1.29, 1.82) is 0 Å². The van der Waals surface area contributed by atoms with E-state index in [-0.39, 0.29) is 11.2 Å². The number of phenols is 1. The molecule has 2 aromatic carbocycles. The van der Waals surface area contributed by atoms with Gasteiger partial charge in [-0.1, -0.05) is 35.5 Å². The molecule has 0 aliphatic heterocycles. The molecule has 0 spiro atoms. The van der Waals surface area contributed by atoms with Crippen LogP contribution < -0.4 is 0 Å². The monoisotopic (exact) mass is 321 g/mol. The van der Waals surface area contributed by atoms with Crippen molar-refractivity contribution in [2.24, 2.45) is 0 Å². The van der Waals surface area contributed by atoms with Crippen molar-refractivity contribution in [2.45, 2.75) is 31.3 Å². The molecule has 0 saturated heterocycles. The molecule has 1 atom stereocenters. The van der Waals surface area contributed by atoms with E-state index in [2.05, 4.69) is 5.16 Å². The highest BCUT2D eigenvalue weighted by atomic mass is 16.5. The zero-order valence-electron chi connectivity index (χ0n) is 13.4. The minimum absolute atomic E-state index is 0.214. The zero-order chi connectivity index (χ0) is 16.7. The maximum absolute atomic E-state index is 10.3. The van der Waals surface area contributed by atoms with Crippen molar-refractivity contribution in [3.8, 4) is 28.1 Å². The van der Waals surface area contributed by atoms with Crippen molar-refractivity contribution in [2.75, 3.05) is 0 Å². The van der Waals surface area contributed by atoms with Crippen LogP contribution in [0.5, 0.6) is 5.75 Å². The number of aliphatic hydroxyl groups excluding tert-OH is 1. The molecule has 24 heavy (non-hydrogen) atoms. The highest BCUT2D eigenvalue weighted by molar-refractivity contribution is 5.83. The van der Waals surface area contributed by atoms with Gasteiger partial charge in [0, 0.05) is 5.56 Å². The highest BCUT2D eigenvalue weighted by Gasteiger charge is 2.53. The molecular weight excluding hydrogens is 302 g/mol. The van der Waals surface area contributed by atoms with E-state index in [1.807, 2.05) is 49.4 Å². The predicted molar refractivity (Wildman–Crippen MR) is 91.6 cm³/mol. The lowest BCUT2D eigenvalue weighted by atomic mass is 9.89. The van der Waals surface area contributed by atoms with Crippen LogP contribution in [0, 0.1) is 0 Å². The van der Waals surface area contributed by atoms with Gasteiger partial charge in [-0.25, -0.2) is 0 Å². The van der Waals surface area contributed by atoms with Crippen molar-refractivity contribution in [1.82, 2.24) is 5.16 Å². The second-order valence-electron chi connectivity index (χ2n) is 6.48. The van der Waals surface area contributed by atoms with Crippen molar-refractivity contribution < 1.29 is 14.7 Å². The van der Waals surface area contributed by atoms with Crippen LogP contribution in [-0.2, 0) is 5.41 Å². The van der Waals surface area contributed by atoms with Gasteiger partial charge < -0.3 is 14.7 Å². The van der Waals surface area contributed by atoms with Gasteiger partial charge in [0.05, 0.1) is 17.1 Å². The van der Waals surface area contributed by atoms with Crippen molar-refractivity contribution >= 4 is 0 Å². The molecule has 4 rings (SSSR count). The van der Waals surface area contributed by atoms with Gasteiger partial charge in [0.2, 0.25) is 0 Å². The average molecular weight is 321 g/mol. The van der Waals surface area contributed by atoms with Gasteiger partial charge in [0.15, 0.2) is 5.76 Å². The fourth-order valence-electron chi connectivity index (χ4n) is 3.29. The molecule has 1 aliphatic carbocycles. The highest BCUT2D eigenvalue weighted by Crippen LogP contribution is 2.55. The Morgan fingerprint density at radius 2 is 1.67 bits per heavy atom. The van der Waals surface area contributed by atoms with Crippen LogP contribution in [0.25, 0.3) is 22.4 Å². The molecule has 1 fully saturated rings. The summed E-state index contributed by atoms with van der Waals surface area (Å²) in [5.74, 6) is 0.971. The Labute approximate surface area is 140 Å². The topological polar surface area (TPSA) is 66.5 Å². The normalized spacial score (nSPS) is 16.8. The van der Waals surface area contributed by atoms with Gasteiger partial charge >= 0.3 is 0 Å². The molecule has 4 heteroatoms. The van der Waals surface area contributed by atoms with E-state index in [1.165, 1.54) is 0 Å². The average Bonchev–Trinajstić information content (AvgIpc) is 3.30. The molecule has 1 aromatic heterocycles. The van der Waals surface area contributed by atoms with Crippen molar-refractivity contribution in [3.63, 3.8) is 0 Å². The molecule has 122 valence electrons. The van der Waals surface area contributed by atoms with Crippen molar-refractivity contribution in [3.05, 3.63) is 60.4 Å². The number of rotatable bonds is 4. The largest absolute Gasteiger partial charge is 0.508 e. The first-order chi connectivity index (χ1) is 11.6. The second-order valence-corrected chi connectivity index (χ2v) is 6.48. The van der Waals surface area contributed by atoms with E-state index >= 15 is 0 Å². The smallest absolute Gasteiger partial charge is 0.153 e. The summed E-state index contributed by atoms with van der Waals surface area (Å²) in [4.78, 5) is 0. The first kappa shape index (κ1) is 15.0. The maximum atomic E-state index is 10.3. The fraction of sp³-hybridized carbons (Fsp3) is 0.250. The number of phenolic OH excluding ortho intramolecular Hbond substituents is 1. The van der Waals surface area contributed by atoms with Crippen LogP contribution in [0.1, 0.15) is 25.5 Å². The fourth-order valence-corrected chi connectivity index (χ4v) is 3.29. The Hall–Kier alpha value is -2.59. The molecule has 1 aliphatic rings. The Kier molecular flexibility index (Phi) is 3.43.